The highest BCUT2D eigenvalue weighted by Gasteiger charge is 2.29. The van der Waals surface area contributed by atoms with Crippen LogP contribution >= 0.6 is 7.14 Å². The number of rotatable bonds is 6. The minimum atomic E-state index is -2.44. The quantitative estimate of drug-likeness (QED) is 0.559. The second kappa shape index (κ2) is 8.70. The maximum Gasteiger partial charge on any atom is 0.407 e. The molecule has 0 aliphatic heterocycles. The summed E-state index contributed by atoms with van der Waals surface area (Å²) in [4.78, 5) is 12.5. The van der Waals surface area contributed by atoms with Gasteiger partial charge in [0, 0.05) is 11.2 Å². The molecule has 2 N–H and O–H groups in total. The van der Waals surface area contributed by atoms with E-state index in [1.807, 2.05) is 24.3 Å². The third-order valence-electron chi connectivity index (χ3n) is 5.71. The average molecular weight is 435 g/mol. The summed E-state index contributed by atoms with van der Waals surface area (Å²) in [5.41, 5.74) is 5.31. The Labute approximate surface area is 182 Å². The van der Waals surface area contributed by atoms with E-state index < -0.39 is 19.3 Å². The Balaban J connectivity index is 1.47. The SMILES string of the molecule is CP(C)(=O)c1cccc(C(CO)NC(=O)OCC2c3ccccc3-c3ccccc32)c1. The first-order chi connectivity index (χ1) is 14.9. The summed E-state index contributed by atoms with van der Waals surface area (Å²) in [6.07, 6.45) is -0.595. The second-order valence-corrected chi connectivity index (χ2v) is 11.4. The minimum Gasteiger partial charge on any atom is -0.449 e. The molecule has 1 aliphatic rings. The fraction of sp³-hybridized carbons (Fsp3) is 0.240. The largest absolute Gasteiger partial charge is 0.449 e. The summed E-state index contributed by atoms with van der Waals surface area (Å²) in [5, 5.41) is 13.3. The maximum absolute atomic E-state index is 12.5. The Morgan fingerprint density at radius 3 is 2.19 bits per heavy atom. The molecule has 0 fully saturated rings. The number of aliphatic hydroxyl groups is 1. The zero-order valence-electron chi connectivity index (χ0n) is 17.6. The summed E-state index contributed by atoms with van der Waals surface area (Å²) in [6.45, 7) is 3.31. The molecule has 4 rings (SSSR count). The first kappa shape index (κ1) is 21.4. The number of benzene rings is 3. The lowest BCUT2D eigenvalue weighted by atomic mass is 9.98. The van der Waals surface area contributed by atoms with Crippen molar-refractivity contribution < 1.29 is 19.2 Å². The van der Waals surface area contributed by atoms with Gasteiger partial charge in [-0.25, -0.2) is 4.79 Å². The maximum atomic E-state index is 12.5. The Hall–Kier alpha value is -2.88. The van der Waals surface area contributed by atoms with Crippen LogP contribution in [-0.2, 0) is 9.30 Å². The standard InChI is InChI=1S/C25H26NO4P/c1-31(2,29)18-9-7-8-17(14-18)24(15-27)26-25(28)30-16-23-21-12-5-3-10-19(21)20-11-4-6-13-22(20)23/h3-14,23-24,27H,15-16H2,1-2H3,(H,26,28). The number of ether oxygens (including phenoxy) is 1. The van der Waals surface area contributed by atoms with Crippen molar-refractivity contribution in [2.24, 2.45) is 0 Å². The molecule has 0 bridgehead atoms. The predicted molar refractivity (Wildman–Crippen MR) is 124 cm³/mol. The van der Waals surface area contributed by atoms with E-state index in [0.29, 0.717) is 10.9 Å². The van der Waals surface area contributed by atoms with Crippen LogP contribution in [0, 0.1) is 0 Å². The molecule has 5 nitrogen and oxygen atoms in total. The highest BCUT2D eigenvalue weighted by molar-refractivity contribution is 7.70. The van der Waals surface area contributed by atoms with Crippen molar-refractivity contribution in [2.75, 3.05) is 26.5 Å². The molecule has 3 aromatic carbocycles. The lowest BCUT2D eigenvalue weighted by Gasteiger charge is -2.20. The van der Waals surface area contributed by atoms with Gasteiger partial charge in [-0.2, -0.15) is 0 Å². The van der Waals surface area contributed by atoms with Gasteiger partial charge >= 0.3 is 6.09 Å². The van der Waals surface area contributed by atoms with Crippen molar-refractivity contribution in [2.45, 2.75) is 12.0 Å². The smallest absolute Gasteiger partial charge is 0.407 e. The minimum absolute atomic E-state index is 0.0277. The van der Waals surface area contributed by atoms with Crippen molar-refractivity contribution in [1.29, 1.82) is 0 Å². The van der Waals surface area contributed by atoms with Gasteiger partial charge in [0.05, 0.1) is 12.6 Å². The zero-order chi connectivity index (χ0) is 22.0. The van der Waals surface area contributed by atoms with Crippen molar-refractivity contribution >= 4 is 18.5 Å². The summed E-state index contributed by atoms with van der Waals surface area (Å²) in [6, 6.07) is 22.8. The molecule has 0 saturated carbocycles. The molecule has 0 spiro atoms. The van der Waals surface area contributed by atoms with Gasteiger partial charge in [-0.1, -0.05) is 66.7 Å². The normalized spacial score (nSPS) is 13.9. The van der Waals surface area contributed by atoms with Gasteiger partial charge in [0.2, 0.25) is 0 Å². The van der Waals surface area contributed by atoms with Gasteiger partial charge in [0.15, 0.2) is 0 Å². The summed E-state index contributed by atoms with van der Waals surface area (Å²) >= 11 is 0. The third kappa shape index (κ3) is 4.43. The highest BCUT2D eigenvalue weighted by atomic mass is 31.2. The fourth-order valence-corrected chi connectivity index (χ4v) is 5.00. The van der Waals surface area contributed by atoms with Crippen LogP contribution in [0.5, 0.6) is 0 Å². The predicted octanol–water partition coefficient (Wildman–Crippen LogP) is 4.51. The van der Waals surface area contributed by atoms with Crippen molar-refractivity contribution in [1.82, 2.24) is 5.32 Å². The van der Waals surface area contributed by atoms with Crippen LogP contribution in [0.1, 0.15) is 28.7 Å². The van der Waals surface area contributed by atoms with Crippen LogP contribution in [-0.4, -0.2) is 37.7 Å². The van der Waals surface area contributed by atoms with E-state index >= 15 is 0 Å². The molecule has 0 aromatic heterocycles. The first-order valence-corrected chi connectivity index (χ1v) is 12.9. The molecule has 0 saturated heterocycles. The molecular formula is C25H26NO4P. The molecule has 0 heterocycles. The van der Waals surface area contributed by atoms with Crippen LogP contribution < -0.4 is 10.6 Å². The summed E-state index contributed by atoms with van der Waals surface area (Å²) in [7, 11) is -2.44. The monoisotopic (exact) mass is 435 g/mol. The number of carbonyl (C=O) groups excluding carboxylic acids is 1. The summed E-state index contributed by atoms with van der Waals surface area (Å²) < 4.78 is 18.0. The van der Waals surface area contributed by atoms with Crippen molar-refractivity contribution in [3.05, 3.63) is 89.5 Å². The Bertz CT molecular complexity index is 1110. The van der Waals surface area contributed by atoms with Gasteiger partial charge in [0.25, 0.3) is 0 Å². The molecule has 1 amide bonds. The van der Waals surface area contributed by atoms with E-state index in [4.69, 9.17) is 4.74 Å². The summed E-state index contributed by atoms with van der Waals surface area (Å²) in [5.74, 6) is -0.0277. The van der Waals surface area contributed by atoms with Crippen LogP contribution in [0.4, 0.5) is 4.79 Å². The number of hydrogen-bond donors (Lipinski definition) is 2. The average Bonchev–Trinajstić information content (AvgIpc) is 3.09. The van der Waals surface area contributed by atoms with Crippen LogP contribution in [0.3, 0.4) is 0 Å². The number of amides is 1. The Kier molecular flexibility index (Phi) is 5.99. The molecule has 0 radical (unpaired) electrons. The van der Waals surface area contributed by atoms with Crippen molar-refractivity contribution in [3.8, 4) is 11.1 Å². The van der Waals surface area contributed by atoms with E-state index in [-0.39, 0.29) is 19.1 Å². The molecular weight excluding hydrogens is 409 g/mol. The van der Waals surface area contributed by atoms with Gasteiger partial charge in [-0.3, -0.25) is 0 Å². The molecule has 3 aromatic rings. The molecule has 160 valence electrons. The highest BCUT2D eigenvalue weighted by Crippen LogP contribution is 2.44. The first-order valence-electron chi connectivity index (χ1n) is 10.3. The number of fused-ring (bicyclic) bond motifs is 3. The van der Waals surface area contributed by atoms with E-state index in [2.05, 4.69) is 29.6 Å². The number of alkyl carbamates (subject to hydrolysis) is 1. The van der Waals surface area contributed by atoms with Gasteiger partial charge in [-0.05, 0) is 47.2 Å². The van der Waals surface area contributed by atoms with E-state index in [1.54, 1.807) is 37.6 Å². The number of hydrogen-bond acceptors (Lipinski definition) is 4. The number of nitrogens with one attached hydrogen (secondary N) is 1. The van der Waals surface area contributed by atoms with Crippen molar-refractivity contribution in [3.63, 3.8) is 0 Å². The fourth-order valence-electron chi connectivity index (χ4n) is 4.09. The molecule has 1 unspecified atom stereocenters. The zero-order valence-corrected chi connectivity index (χ0v) is 18.5. The van der Waals surface area contributed by atoms with Crippen LogP contribution in [0.2, 0.25) is 0 Å². The van der Waals surface area contributed by atoms with E-state index in [9.17, 15) is 14.5 Å². The molecule has 1 atom stereocenters. The van der Waals surface area contributed by atoms with Gasteiger partial charge in [-0.15, -0.1) is 0 Å². The molecule has 31 heavy (non-hydrogen) atoms. The lowest BCUT2D eigenvalue weighted by Crippen LogP contribution is -2.32. The third-order valence-corrected chi connectivity index (χ3v) is 7.23. The molecule has 1 aliphatic carbocycles. The van der Waals surface area contributed by atoms with E-state index in [1.165, 1.54) is 11.1 Å². The number of aliphatic hydroxyl groups excluding tert-OH is 1. The lowest BCUT2D eigenvalue weighted by molar-refractivity contribution is 0.132. The Morgan fingerprint density at radius 1 is 1.00 bits per heavy atom. The number of carbonyl (C=O) groups is 1. The molecule has 6 heteroatoms. The van der Waals surface area contributed by atoms with Gasteiger partial charge < -0.3 is 19.7 Å². The Morgan fingerprint density at radius 2 is 1.61 bits per heavy atom. The van der Waals surface area contributed by atoms with Crippen LogP contribution in [0.15, 0.2) is 72.8 Å². The van der Waals surface area contributed by atoms with E-state index in [0.717, 1.165) is 11.1 Å². The second-order valence-electron chi connectivity index (χ2n) is 8.15. The van der Waals surface area contributed by atoms with Crippen LogP contribution in [0.25, 0.3) is 11.1 Å². The topological polar surface area (TPSA) is 75.6 Å². The van der Waals surface area contributed by atoms with Gasteiger partial charge in [0.1, 0.15) is 13.7 Å².